The summed E-state index contributed by atoms with van der Waals surface area (Å²) in [5.74, 6) is 0.432. The summed E-state index contributed by atoms with van der Waals surface area (Å²) in [5, 5.41) is 5.52. The predicted molar refractivity (Wildman–Crippen MR) is 208 cm³/mol. The molecule has 1 fully saturated rings. The van der Waals surface area contributed by atoms with E-state index in [1.54, 1.807) is 4.90 Å². The summed E-state index contributed by atoms with van der Waals surface area (Å²) in [4.78, 5) is 71.1. The molecule has 4 aromatic rings. The van der Waals surface area contributed by atoms with E-state index in [0.29, 0.717) is 44.0 Å². The van der Waals surface area contributed by atoms with E-state index in [4.69, 9.17) is 24.2 Å². The van der Waals surface area contributed by atoms with Gasteiger partial charge in [0, 0.05) is 62.9 Å². The van der Waals surface area contributed by atoms with Gasteiger partial charge in [0.05, 0.1) is 49.6 Å². The van der Waals surface area contributed by atoms with Gasteiger partial charge in [0.2, 0.25) is 5.91 Å². The summed E-state index contributed by atoms with van der Waals surface area (Å²) < 4.78 is 17.1. The number of carbonyl (C=O) groups is 4. The highest BCUT2D eigenvalue weighted by Gasteiger charge is 2.44. The number of hydrogen-bond donors (Lipinski definition) is 4. The van der Waals surface area contributed by atoms with Crippen LogP contribution in [0.4, 0.5) is 9.59 Å². The molecule has 2 unspecified atom stereocenters. The highest BCUT2D eigenvalue weighted by Crippen LogP contribution is 2.44. The highest BCUT2D eigenvalue weighted by atomic mass is 16.5. The predicted octanol–water partition coefficient (Wildman–Crippen LogP) is 4.81. The van der Waals surface area contributed by atoms with E-state index in [-0.39, 0.29) is 42.7 Å². The molecule has 4 N–H and O–H groups in total. The Bertz CT molecular complexity index is 2200. The smallest absolute Gasteiger partial charge is 0.407 e. The number of aromatic nitrogens is 5. The number of imidazole rings is 2. The van der Waals surface area contributed by atoms with Gasteiger partial charge in [0.25, 0.3) is 0 Å². The standard InChI is InChI=1S/C42H48N8O7/c1-55-24-30(46-41(54)57-3)39(52)50-18-7-10-31(50)38-44-22-34(48-38)42(16-13-26(14-17-42)25-8-5-4-6-9-25)33-21-43-37(47-33)28-20-32(51)35-29(45-40(53)56-2)12-11-27-15-19-49(23-28)36(27)35/h4-6,8-9,13-16,19,21-22,28-31,35H,7,10-12,17-18,20,23-24H2,1-3H3,(H,43,47)(H,44,48)(H,45,53)(H,46,54)/t28-,29-,30-,31-,35?,42?/m0/s1. The van der Waals surface area contributed by atoms with Crippen molar-refractivity contribution in [2.45, 2.75) is 80.4 Å². The quantitative estimate of drug-likeness (QED) is 0.176. The summed E-state index contributed by atoms with van der Waals surface area (Å²) in [6.07, 6.45) is 14.7. The minimum Gasteiger partial charge on any atom is -0.453 e. The summed E-state index contributed by atoms with van der Waals surface area (Å²) >= 11 is 0. The number of methoxy groups -OCH3 is 3. The fourth-order valence-corrected chi connectivity index (χ4v) is 9.13. The average molecular weight is 777 g/mol. The summed E-state index contributed by atoms with van der Waals surface area (Å²) in [6.45, 7) is 1.06. The maximum Gasteiger partial charge on any atom is 0.407 e. The fourth-order valence-electron chi connectivity index (χ4n) is 9.13. The minimum absolute atomic E-state index is 0.00226. The molecule has 5 heterocycles. The van der Waals surface area contributed by atoms with Gasteiger partial charge in [0.1, 0.15) is 23.5 Å². The van der Waals surface area contributed by atoms with Crippen LogP contribution in [0.25, 0.3) is 5.57 Å². The Morgan fingerprint density at radius 3 is 2.46 bits per heavy atom. The SMILES string of the molecule is COC[C@H](NC(=O)OC)C(=O)N1CCC[C@H]1c1ncc(C2(c3cnc([C@H]4CC(=O)C5c6c(ccn6C4)CC[C@@H]5NC(=O)OC)[nH]3)C=CC(c3ccccc3)=CC2)[nH]1. The number of ether oxygens (including phenoxy) is 3. The number of nitrogens with zero attached hydrogens (tertiary/aromatic N) is 4. The monoisotopic (exact) mass is 776 g/mol. The fraction of sp³-hybridized carbons (Fsp3) is 0.429. The number of aryl methyl sites for hydroxylation is 1. The molecule has 0 bridgehead atoms. The van der Waals surface area contributed by atoms with Gasteiger partial charge in [-0.25, -0.2) is 19.6 Å². The summed E-state index contributed by atoms with van der Waals surface area (Å²) in [5.41, 5.74) is 5.24. The lowest BCUT2D eigenvalue weighted by atomic mass is 9.74. The number of amides is 3. The van der Waals surface area contributed by atoms with Crippen molar-refractivity contribution in [2.75, 3.05) is 34.5 Å². The lowest BCUT2D eigenvalue weighted by Crippen LogP contribution is -2.50. The number of allylic oxidation sites excluding steroid dienone is 4. The summed E-state index contributed by atoms with van der Waals surface area (Å²) in [7, 11) is 4.06. The molecule has 8 rings (SSSR count). The largest absolute Gasteiger partial charge is 0.453 e. The zero-order valence-corrected chi connectivity index (χ0v) is 32.3. The third kappa shape index (κ3) is 7.16. The average Bonchev–Trinajstić information content (AvgIpc) is 4.07. The molecule has 3 amide bonds. The highest BCUT2D eigenvalue weighted by molar-refractivity contribution is 5.89. The molecule has 2 aliphatic carbocycles. The first-order valence-electron chi connectivity index (χ1n) is 19.5. The molecule has 4 aliphatic rings. The molecule has 57 heavy (non-hydrogen) atoms. The van der Waals surface area contributed by atoms with Crippen molar-refractivity contribution in [1.82, 2.24) is 40.0 Å². The van der Waals surface area contributed by atoms with Gasteiger partial charge in [-0.1, -0.05) is 48.6 Å². The number of alkyl carbamates (subject to hydrolysis) is 2. The molecule has 1 saturated heterocycles. The molecule has 6 atom stereocenters. The number of rotatable bonds is 10. The summed E-state index contributed by atoms with van der Waals surface area (Å²) in [6, 6.07) is 10.7. The Labute approximate surface area is 330 Å². The molecule has 0 radical (unpaired) electrons. The first-order chi connectivity index (χ1) is 27.7. The normalized spacial score (nSPS) is 24.6. The number of Topliss-reactive ketones (excluding diaryl/α,β-unsaturated/α-hetero) is 1. The van der Waals surface area contributed by atoms with Crippen LogP contribution in [-0.2, 0) is 42.2 Å². The van der Waals surface area contributed by atoms with Crippen molar-refractivity contribution in [3.63, 3.8) is 0 Å². The second-order valence-corrected chi connectivity index (χ2v) is 15.2. The molecule has 2 aliphatic heterocycles. The number of benzene rings is 1. The number of H-pyrrole nitrogens is 2. The number of aromatic amines is 2. The molecule has 15 heteroatoms. The van der Waals surface area contributed by atoms with E-state index in [2.05, 4.69) is 61.6 Å². The Kier molecular flexibility index (Phi) is 10.6. The minimum atomic E-state index is -0.913. The third-order valence-corrected chi connectivity index (χ3v) is 12.0. The van der Waals surface area contributed by atoms with Crippen LogP contribution in [0.3, 0.4) is 0 Å². The number of likely N-dealkylation sites (tertiary alicyclic amines) is 1. The van der Waals surface area contributed by atoms with Crippen LogP contribution < -0.4 is 10.6 Å². The van der Waals surface area contributed by atoms with Gasteiger partial charge in [-0.15, -0.1) is 0 Å². The number of hydrogen-bond acceptors (Lipinski definition) is 9. The van der Waals surface area contributed by atoms with E-state index < -0.39 is 29.6 Å². The number of ketones is 1. The van der Waals surface area contributed by atoms with Crippen LogP contribution >= 0.6 is 0 Å². The Balaban J connectivity index is 1.11. The van der Waals surface area contributed by atoms with Crippen molar-refractivity contribution in [3.8, 4) is 0 Å². The Morgan fingerprint density at radius 2 is 1.74 bits per heavy atom. The van der Waals surface area contributed by atoms with Gasteiger partial charge < -0.3 is 44.3 Å². The first-order valence-corrected chi connectivity index (χ1v) is 19.5. The van der Waals surface area contributed by atoms with E-state index in [9.17, 15) is 19.2 Å². The second kappa shape index (κ2) is 15.9. The molecule has 1 aromatic carbocycles. The molecule has 298 valence electrons. The van der Waals surface area contributed by atoms with E-state index in [0.717, 1.165) is 46.6 Å². The van der Waals surface area contributed by atoms with Crippen molar-refractivity contribution >= 4 is 29.5 Å². The first kappa shape index (κ1) is 37.9. The molecular formula is C42H48N8O7. The topological polar surface area (TPSA) is 186 Å². The Hall–Kier alpha value is -5.96. The van der Waals surface area contributed by atoms with Crippen LogP contribution in [-0.4, -0.2) is 99.8 Å². The number of carbonyl (C=O) groups excluding carboxylic acids is 4. The lowest BCUT2D eigenvalue weighted by Gasteiger charge is -2.31. The maximum atomic E-state index is 14.1. The number of nitrogens with one attached hydrogen (secondary N) is 4. The zero-order chi connectivity index (χ0) is 39.7. The van der Waals surface area contributed by atoms with Crippen LogP contribution in [0.1, 0.15) is 89.8 Å². The lowest BCUT2D eigenvalue weighted by molar-refractivity contribution is -0.135. The van der Waals surface area contributed by atoms with Crippen molar-refractivity contribution in [1.29, 1.82) is 0 Å². The van der Waals surface area contributed by atoms with Gasteiger partial charge in [-0.2, -0.15) is 0 Å². The van der Waals surface area contributed by atoms with Crippen LogP contribution in [0, 0.1) is 0 Å². The van der Waals surface area contributed by atoms with Crippen molar-refractivity contribution in [2.24, 2.45) is 0 Å². The zero-order valence-electron chi connectivity index (χ0n) is 32.3. The molecule has 15 nitrogen and oxygen atoms in total. The third-order valence-electron chi connectivity index (χ3n) is 12.0. The van der Waals surface area contributed by atoms with Gasteiger partial charge in [-0.3, -0.25) is 9.59 Å². The van der Waals surface area contributed by atoms with Crippen LogP contribution in [0.15, 0.2) is 73.2 Å². The van der Waals surface area contributed by atoms with E-state index in [1.165, 1.54) is 21.3 Å². The van der Waals surface area contributed by atoms with Gasteiger partial charge >= 0.3 is 12.2 Å². The van der Waals surface area contributed by atoms with Crippen molar-refractivity contribution in [3.05, 3.63) is 113 Å². The van der Waals surface area contributed by atoms with E-state index >= 15 is 0 Å². The molecule has 3 aromatic heterocycles. The Morgan fingerprint density at radius 1 is 0.982 bits per heavy atom. The van der Waals surface area contributed by atoms with Crippen LogP contribution in [0.2, 0.25) is 0 Å². The van der Waals surface area contributed by atoms with E-state index in [1.807, 2.05) is 36.8 Å². The molecule has 0 saturated carbocycles. The van der Waals surface area contributed by atoms with Gasteiger partial charge in [0.15, 0.2) is 0 Å². The van der Waals surface area contributed by atoms with Crippen molar-refractivity contribution < 1.29 is 33.4 Å². The molecular weight excluding hydrogens is 729 g/mol. The van der Waals surface area contributed by atoms with Crippen LogP contribution in [0.5, 0.6) is 0 Å². The maximum absolute atomic E-state index is 14.1. The second-order valence-electron chi connectivity index (χ2n) is 15.2. The van der Waals surface area contributed by atoms with Gasteiger partial charge in [-0.05, 0) is 54.9 Å². The molecule has 0 spiro atoms.